The number of esters is 1. The van der Waals surface area contributed by atoms with Crippen molar-refractivity contribution in [1.29, 1.82) is 0 Å². The quantitative estimate of drug-likeness (QED) is 0.648. The fourth-order valence-corrected chi connectivity index (χ4v) is 3.71. The van der Waals surface area contributed by atoms with E-state index in [9.17, 15) is 18.3 Å². The third-order valence-electron chi connectivity index (χ3n) is 4.05. The second kappa shape index (κ2) is 9.67. The lowest BCUT2D eigenvalue weighted by Gasteiger charge is -2.14. The molecule has 0 radical (unpaired) electrons. The monoisotopic (exact) mass is 356 g/mol. The van der Waals surface area contributed by atoms with Gasteiger partial charge in [-0.25, -0.2) is 8.42 Å². The molecule has 0 aromatic heterocycles. The molecule has 0 bridgehead atoms. The van der Waals surface area contributed by atoms with Gasteiger partial charge in [0.2, 0.25) is 0 Å². The van der Waals surface area contributed by atoms with Gasteiger partial charge in [0.1, 0.15) is 10.6 Å². The molecule has 0 spiro atoms. The zero-order valence-electron chi connectivity index (χ0n) is 14.7. The summed E-state index contributed by atoms with van der Waals surface area (Å²) in [7, 11) is -3.71. The van der Waals surface area contributed by atoms with Crippen LogP contribution in [0.25, 0.3) is 0 Å². The molecule has 1 aromatic carbocycles. The molecule has 5 nitrogen and oxygen atoms in total. The number of rotatable bonds is 10. The molecule has 6 heteroatoms. The number of unbranched alkanes of at least 4 members (excludes halogenated alkanes) is 1. The summed E-state index contributed by atoms with van der Waals surface area (Å²) in [6.45, 7) is 6.27. The number of carbonyl (C=O) groups excluding carboxylic acids is 1. The lowest BCUT2D eigenvalue weighted by molar-refractivity contribution is -0.144. The van der Waals surface area contributed by atoms with Gasteiger partial charge in [-0.05, 0) is 37.0 Å². The number of ether oxygens (including phenoxy) is 1. The number of hydrogen-bond donors (Lipinski definition) is 1. The van der Waals surface area contributed by atoms with Gasteiger partial charge in [-0.1, -0.05) is 39.2 Å². The van der Waals surface area contributed by atoms with Crippen LogP contribution in [0.5, 0.6) is 5.75 Å². The molecule has 1 rings (SSSR count). The second-order valence-electron chi connectivity index (χ2n) is 6.14. The van der Waals surface area contributed by atoms with Crippen LogP contribution >= 0.6 is 0 Å². The molecule has 0 aliphatic heterocycles. The van der Waals surface area contributed by atoms with Crippen molar-refractivity contribution < 1.29 is 23.1 Å². The SMILES string of the molecule is CCCC[C@@H](CC)COC(=O)CCS(=O)(=O)c1ccc(C)cc1O. The second-order valence-corrected chi connectivity index (χ2v) is 8.22. The lowest BCUT2D eigenvalue weighted by atomic mass is 10.0. The van der Waals surface area contributed by atoms with Crippen LogP contribution in [0.2, 0.25) is 0 Å². The van der Waals surface area contributed by atoms with E-state index < -0.39 is 15.8 Å². The molecule has 0 unspecified atom stereocenters. The fraction of sp³-hybridized carbons (Fsp3) is 0.611. The molecule has 1 N–H and O–H groups in total. The lowest BCUT2D eigenvalue weighted by Crippen LogP contribution is -2.17. The Balaban J connectivity index is 2.53. The van der Waals surface area contributed by atoms with Crippen LogP contribution in [0.15, 0.2) is 23.1 Å². The van der Waals surface area contributed by atoms with Crippen molar-refractivity contribution in [2.24, 2.45) is 5.92 Å². The van der Waals surface area contributed by atoms with E-state index in [1.807, 2.05) is 0 Å². The first-order valence-electron chi connectivity index (χ1n) is 8.48. The Bertz CT molecular complexity index is 637. The average Bonchev–Trinajstić information content (AvgIpc) is 2.53. The largest absolute Gasteiger partial charge is 0.507 e. The van der Waals surface area contributed by atoms with Gasteiger partial charge in [0.05, 0.1) is 18.8 Å². The van der Waals surface area contributed by atoms with E-state index in [0.29, 0.717) is 12.5 Å². The third-order valence-corrected chi connectivity index (χ3v) is 5.80. The van der Waals surface area contributed by atoms with Crippen LogP contribution in [-0.2, 0) is 19.4 Å². The molecule has 0 saturated heterocycles. The van der Waals surface area contributed by atoms with Crippen LogP contribution in [-0.4, -0.2) is 31.9 Å². The van der Waals surface area contributed by atoms with Gasteiger partial charge in [0, 0.05) is 0 Å². The number of phenols is 1. The van der Waals surface area contributed by atoms with Crippen molar-refractivity contribution in [2.75, 3.05) is 12.4 Å². The van der Waals surface area contributed by atoms with E-state index in [4.69, 9.17) is 4.74 Å². The maximum atomic E-state index is 12.2. The molecule has 24 heavy (non-hydrogen) atoms. The van der Waals surface area contributed by atoms with Crippen LogP contribution in [0.1, 0.15) is 51.5 Å². The Morgan fingerprint density at radius 1 is 1.29 bits per heavy atom. The van der Waals surface area contributed by atoms with Gasteiger partial charge in [0.25, 0.3) is 0 Å². The van der Waals surface area contributed by atoms with Gasteiger partial charge in [0.15, 0.2) is 9.84 Å². The van der Waals surface area contributed by atoms with Gasteiger partial charge in [-0.3, -0.25) is 4.79 Å². The molecular weight excluding hydrogens is 328 g/mol. The number of aryl methyl sites for hydroxylation is 1. The summed E-state index contributed by atoms with van der Waals surface area (Å²) in [5.74, 6) is -0.838. The van der Waals surface area contributed by atoms with E-state index in [1.165, 1.54) is 12.1 Å². The minimum Gasteiger partial charge on any atom is -0.507 e. The first-order chi connectivity index (χ1) is 11.3. The number of benzene rings is 1. The molecule has 0 aliphatic rings. The highest BCUT2D eigenvalue weighted by molar-refractivity contribution is 7.91. The number of phenolic OH excluding ortho intramolecular Hbond substituents is 1. The molecule has 0 heterocycles. The van der Waals surface area contributed by atoms with Gasteiger partial charge in [-0.15, -0.1) is 0 Å². The Labute approximate surface area is 145 Å². The van der Waals surface area contributed by atoms with Crippen molar-refractivity contribution in [2.45, 2.75) is 57.8 Å². The smallest absolute Gasteiger partial charge is 0.306 e. The Kier molecular flexibility index (Phi) is 8.25. The molecule has 0 fully saturated rings. The normalized spacial score (nSPS) is 12.8. The topological polar surface area (TPSA) is 80.7 Å². The standard InChI is InChI=1S/C18H28O5S/c1-4-6-7-15(5-2)13-23-18(20)10-11-24(21,22)17-9-8-14(3)12-16(17)19/h8-9,12,15,19H,4-7,10-11,13H2,1-3H3/t15-/m1/s1. The summed E-state index contributed by atoms with van der Waals surface area (Å²) >= 11 is 0. The highest BCUT2D eigenvalue weighted by Crippen LogP contribution is 2.25. The Hall–Kier alpha value is -1.56. The summed E-state index contributed by atoms with van der Waals surface area (Å²) in [5, 5.41) is 9.79. The van der Waals surface area contributed by atoms with E-state index in [2.05, 4.69) is 13.8 Å². The summed E-state index contributed by atoms with van der Waals surface area (Å²) < 4.78 is 29.7. The molecule has 0 saturated carbocycles. The highest BCUT2D eigenvalue weighted by Gasteiger charge is 2.21. The first kappa shape index (κ1) is 20.5. The predicted molar refractivity (Wildman–Crippen MR) is 93.8 cm³/mol. The predicted octanol–water partition coefficient (Wildman–Crippen LogP) is 3.62. The van der Waals surface area contributed by atoms with Gasteiger partial charge in [-0.2, -0.15) is 0 Å². The van der Waals surface area contributed by atoms with Crippen LogP contribution < -0.4 is 0 Å². The Morgan fingerprint density at radius 3 is 2.58 bits per heavy atom. The van der Waals surface area contributed by atoms with Crippen molar-refractivity contribution >= 4 is 15.8 Å². The van der Waals surface area contributed by atoms with Gasteiger partial charge >= 0.3 is 5.97 Å². The van der Waals surface area contributed by atoms with Crippen LogP contribution in [0.4, 0.5) is 0 Å². The highest BCUT2D eigenvalue weighted by atomic mass is 32.2. The number of hydrogen-bond acceptors (Lipinski definition) is 5. The van der Waals surface area contributed by atoms with E-state index in [1.54, 1.807) is 13.0 Å². The molecule has 1 atom stereocenters. The summed E-state index contributed by atoms with van der Waals surface area (Å²) in [6.07, 6.45) is 3.93. The summed E-state index contributed by atoms with van der Waals surface area (Å²) in [6, 6.07) is 4.37. The first-order valence-corrected chi connectivity index (χ1v) is 10.1. The maximum Gasteiger partial charge on any atom is 0.306 e. The van der Waals surface area contributed by atoms with Crippen molar-refractivity contribution in [3.63, 3.8) is 0 Å². The fourth-order valence-electron chi connectivity index (χ4n) is 2.40. The zero-order chi connectivity index (χ0) is 18.2. The van der Waals surface area contributed by atoms with Crippen LogP contribution in [0, 0.1) is 12.8 Å². The van der Waals surface area contributed by atoms with Gasteiger partial charge < -0.3 is 9.84 Å². The molecule has 0 amide bonds. The van der Waals surface area contributed by atoms with Crippen molar-refractivity contribution in [3.8, 4) is 5.75 Å². The molecule has 0 aliphatic carbocycles. The number of aromatic hydroxyl groups is 1. The van der Waals surface area contributed by atoms with Crippen molar-refractivity contribution in [1.82, 2.24) is 0 Å². The molecule has 136 valence electrons. The van der Waals surface area contributed by atoms with Crippen LogP contribution in [0.3, 0.4) is 0 Å². The Morgan fingerprint density at radius 2 is 2.00 bits per heavy atom. The van der Waals surface area contributed by atoms with Crippen molar-refractivity contribution in [3.05, 3.63) is 23.8 Å². The summed E-state index contributed by atoms with van der Waals surface area (Å²) in [5.41, 5.74) is 0.767. The molecular formula is C18H28O5S. The molecule has 1 aromatic rings. The third kappa shape index (κ3) is 6.51. The zero-order valence-corrected chi connectivity index (χ0v) is 15.6. The number of sulfone groups is 1. The van der Waals surface area contributed by atoms with E-state index >= 15 is 0 Å². The van der Waals surface area contributed by atoms with E-state index in [0.717, 1.165) is 31.2 Å². The number of carbonyl (C=O) groups is 1. The summed E-state index contributed by atoms with van der Waals surface area (Å²) in [4.78, 5) is 11.7. The average molecular weight is 356 g/mol. The van der Waals surface area contributed by atoms with E-state index in [-0.39, 0.29) is 22.8 Å². The minimum absolute atomic E-state index is 0.143. The maximum absolute atomic E-state index is 12.2. The minimum atomic E-state index is -3.71.